The fourth-order valence-corrected chi connectivity index (χ4v) is 0.875. The molecule has 1 heteroatoms. The molecule has 0 spiro atoms. The van der Waals surface area contributed by atoms with Crippen LogP contribution in [-0.4, -0.2) is 11.7 Å². The van der Waals surface area contributed by atoms with Gasteiger partial charge in [0.05, 0.1) is 0 Å². The molecule has 0 saturated heterocycles. The van der Waals surface area contributed by atoms with Gasteiger partial charge in [-0.1, -0.05) is 61.3 Å². The molecule has 0 rings (SSSR count). The van der Waals surface area contributed by atoms with Crippen LogP contribution >= 0.6 is 0 Å². The molecule has 0 unspecified atom stereocenters. The summed E-state index contributed by atoms with van der Waals surface area (Å²) in [6.07, 6.45) is 11.1. The van der Waals surface area contributed by atoms with Gasteiger partial charge in [0.1, 0.15) is 0 Å². The second-order valence-corrected chi connectivity index (χ2v) is 3.52. The Balaban J connectivity index is 0. The highest BCUT2D eigenvalue weighted by Gasteiger charge is 1.85. The summed E-state index contributed by atoms with van der Waals surface area (Å²) in [5, 5.41) is 8.43. The highest BCUT2D eigenvalue weighted by Crippen LogP contribution is 2.01. The zero-order chi connectivity index (χ0) is 12.8. The Bertz CT molecular complexity index is 257. The van der Waals surface area contributed by atoms with Gasteiger partial charge in [-0.25, -0.2) is 0 Å². The molecule has 0 aromatic carbocycles. The first-order valence-corrected chi connectivity index (χ1v) is 5.42. The molecule has 0 fully saturated rings. The largest absolute Gasteiger partial charge is 0.396 e. The summed E-state index contributed by atoms with van der Waals surface area (Å²) in [4.78, 5) is 0. The summed E-state index contributed by atoms with van der Waals surface area (Å²) in [5.74, 6) is 0. The first-order chi connectivity index (χ1) is 7.58. The van der Waals surface area contributed by atoms with Gasteiger partial charge in [-0.05, 0) is 26.7 Å². The lowest BCUT2D eigenvalue weighted by molar-refractivity contribution is 0.288. The van der Waals surface area contributed by atoms with Crippen LogP contribution in [-0.2, 0) is 0 Å². The van der Waals surface area contributed by atoms with Crippen molar-refractivity contribution in [3.63, 3.8) is 0 Å². The second-order valence-electron chi connectivity index (χ2n) is 3.52. The molecule has 0 aliphatic carbocycles. The first-order valence-electron chi connectivity index (χ1n) is 5.42. The van der Waals surface area contributed by atoms with Gasteiger partial charge in [0, 0.05) is 6.61 Å². The van der Waals surface area contributed by atoms with Crippen molar-refractivity contribution < 1.29 is 5.11 Å². The molecule has 90 valence electrons. The third-order valence-electron chi connectivity index (χ3n) is 1.65. The summed E-state index contributed by atoms with van der Waals surface area (Å²) in [7, 11) is 0. The van der Waals surface area contributed by atoms with E-state index in [0.29, 0.717) is 0 Å². The van der Waals surface area contributed by atoms with E-state index in [2.05, 4.69) is 19.7 Å². The molecule has 0 heterocycles. The van der Waals surface area contributed by atoms with E-state index in [1.165, 1.54) is 5.57 Å². The number of aliphatic hydroxyl groups is 1. The predicted octanol–water partition coefficient (Wildman–Crippen LogP) is 4.20. The fourth-order valence-electron chi connectivity index (χ4n) is 0.875. The Morgan fingerprint density at radius 3 is 2.12 bits per heavy atom. The molecule has 0 bridgehead atoms. The fraction of sp³-hybridized carbons (Fsp3) is 0.333. The Morgan fingerprint density at radius 2 is 1.81 bits per heavy atom. The van der Waals surface area contributed by atoms with Crippen LogP contribution in [0.1, 0.15) is 26.7 Å². The predicted molar refractivity (Wildman–Crippen MR) is 74.4 cm³/mol. The third-order valence-corrected chi connectivity index (χ3v) is 1.65. The second kappa shape index (κ2) is 13.7. The smallest absolute Gasteiger partial charge is 0.0434 e. The van der Waals surface area contributed by atoms with E-state index in [0.717, 1.165) is 18.4 Å². The van der Waals surface area contributed by atoms with Crippen LogP contribution in [0, 0.1) is 0 Å². The van der Waals surface area contributed by atoms with Crippen LogP contribution in [0.15, 0.2) is 61.3 Å². The van der Waals surface area contributed by atoms with Crippen molar-refractivity contribution >= 4 is 0 Å². The van der Waals surface area contributed by atoms with Crippen molar-refractivity contribution in [3.8, 4) is 0 Å². The quantitative estimate of drug-likeness (QED) is 0.665. The van der Waals surface area contributed by atoms with Crippen molar-refractivity contribution in [1.82, 2.24) is 0 Å². The standard InChI is InChI=1S/C8H14O.C7H10/c1-3-5-8(2)6-4-7-9;1-4-5-6-7(2)3/h3,5,9H,1,4,6-7H2,2H3;4-6H,1-2H2,3H3/b8-5-;6-5-. The van der Waals surface area contributed by atoms with Crippen LogP contribution in [0.4, 0.5) is 0 Å². The minimum Gasteiger partial charge on any atom is -0.396 e. The monoisotopic (exact) mass is 220 g/mol. The average Bonchev–Trinajstić information content (AvgIpc) is 2.25. The van der Waals surface area contributed by atoms with Gasteiger partial charge >= 0.3 is 0 Å². The summed E-state index contributed by atoms with van der Waals surface area (Å²) < 4.78 is 0. The molecule has 1 N–H and O–H groups in total. The molecule has 0 aromatic rings. The molecule has 0 aromatic heterocycles. The zero-order valence-corrected chi connectivity index (χ0v) is 10.6. The molecule has 16 heavy (non-hydrogen) atoms. The molecule has 0 aliphatic rings. The topological polar surface area (TPSA) is 20.2 Å². The Kier molecular flexibility index (Phi) is 14.6. The maximum absolute atomic E-state index is 8.43. The lowest BCUT2D eigenvalue weighted by atomic mass is 10.1. The normalized spacial score (nSPS) is 10.6. The highest BCUT2D eigenvalue weighted by molar-refractivity contribution is 5.15. The van der Waals surface area contributed by atoms with E-state index in [-0.39, 0.29) is 6.61 Å². The Labute approximate surface area is 100 Å². The lowest BCUT2D eigenvalue weighted by Gasteiger charge is -1.94. The van der Waals surface area contributed by atoms with Crippen molar-refractivity contribution in [2.75, 3.05) is 6.61 Å². The number of hydrogen-bond donors (Lipinski definition) is 1. The molecular formula is C15H24O. The van der Waals surface area contributed by atoms with E-state index >= 15 is 0 Å². The maximum atomic E-state index is 8.43. The van der Waals surface area contributed by atoms with Gasteiger partial charge in [-0.3, -0.25) is 0 Å². The number of aliphatic hydroxyl groups excluding tert-OH is 1. The van der Waals surface area contributed by atoms with E-state index in [1.54, 1.807) is 12.2 Å². The van der Waals surface area contributed by atoms with E-state index < -0.39 is 0 Å². The Morgan fingerprint density at radius 1 is 1.19 bits per heavy atom. The first kappa shape index (κ1) is 17.1. The van der Waals surface area contributed by atoms with Gasteiger partial charge in [-0.15, -0.1) is 0 Å². The number of hydrogen-bond acceptors (Lipinski definition) is 1. The van der Waals surface area contributed by atoms with Crippen LogP contribution in [0.2, 0.25) is 0 Å². The van der Waals surface area contributed by atoms with Gasteiger partial charge in [0.15, 0.2) is 0 Å². The minimum absolute atomic E-state index is 0.280. The van der Waals surface area contributed by atoms with E-state index in [9.17, 15) is 0 Å². The molecule has 0 aliphatic heterocycles. The lowest BCUT2D eigenvalue weighted by Crippen LogP contribution is -1.82. The average molecular weight is 220 g/mol. The molecule has 0 saturated carbocycles. The summed E-state index contributed by atoms with van der Waals surface area (Å²) >= 11 is 0. The van der Waals surface area contributed by atoms with Crippen molar-refractivity contribution in [2.45, 2.75) is 26.7 Å². The summed E-state index contributed by atoms with van der Waals surface area (Å²) in [5.41, 5.74) is 2.33. The van der Waals surface area contributed by atoms with Crippen molar-refractivity contribution in [1.29, 1.82) is 0 Å². The molecule has 0 radical (unpaired) electrons. The van der Waals surface area contributed by atoms with Crippen LogP contribution in [0.25, 0.3) is 0 Å². The summed E-state index contributed by atoms with van der Waals surface area (Å²) in [6.45, 7) is 15.0. The minimum atomic E-state index is 0.280. The molecule has 0 atom stereocenters. The number of allylic oxidation sites excluding steroid dienone is 7. The maximum Gasteiger partial charge on any atom is 0.0434 e. The molecule has 1 nitrogen and oxygen atoms in total. The van der Waals surface area contributed by atoms with Crippen molar-refractivity contribution in [3.05, 3.63) is 61.3 Å². The summed E-state index contributed by atoms with van der Waals surface area (Å²) in [6, 6.07) is 0. The zero-order valence-electron chi connectivity index (χ0n) is 10.6. The van der Waals surface area contributed by atoms with Gasteiger partial charge in [0.25, 0.3) is 0 Å². The Hall–Kier alpha value is -1.34. The molecular weight excluding hydrogens is 196 g/mol. The van der Waals surface area contributed by atoms with Gasteiger partial charge in [-0.2, -0.15) is 0 Å². The van der Waals surface area contributed by atoms with Crippen LogP contribution in [0.5, 0.6) is 0 Å². The SMILES string of the molecule is C=C/C=C(/C)CCCO.C=C/C=C\C(=C)C. The van der Waals surface area contributed by atoms with Crippen LogP contribution in [0.3, 0.4) is 0 Å². The van der Waals surface area contributed by atoms with E-state index in [4.69, 9.17) is 5.11 Å². The van der Waals surface area contributed by atoms with Crippen molar-refractivity contribution in [2.24, 2.45) is 0 Å². The van der Waals surface area contributed by atoms with Crippen LogP contribution < -0.4 is 0 Å². The van der Waals surface area contributed by atoms with Gasteiger partial charge in [0.2, 0.25) is 0 Å². The number of rotatable bonds is 6. The molecule has 0 amide bonds. The van der Waals surface area contributed by atoms with Gasteiger partial charge < -0.3 is 5.11 Å². The van der Waals surface area contributed by atoms with E-state index in [1.807, 2.05) is 32.1 Å². The highest BCUT2D eigenvalue weighted by atomic mass is 16.2. The third kappa shape index (κ3) is 18.4.